The van der Waals surface area contributed by atoms with Crippen molar-refractivity contribution in [1.29, 1.82) is 0 Å². The second kappa shape index (κ2) is 8.83. The monoisotopic (exact) mass is 460 g/mol. The molecule has 0 radical (unpaired) electrons. The molecule has 7 nitrogen and oxygen atoms in total. The van der Waals surface area contributed by atoms with Crippen LogP contribution in [0.1, 0.15) is 12.0 Å². The molecule has 0 aliphatic carbocycles. The molecule has 0 bridgehead atoms. The summed E-state index contributed by atoms with van der Waals surface area (Å²) in [5, 5.41) is 2.74. The Balaban J connectivity index is 1.33. The summed E-state index contributed by atoms with van der Waals surface area (Å²) in [6.45, 7) is 0.187. The van der Waals surface area contributed by atoms with Gasteiger partial charge >= 0.3 is 0 Å². The Morgan fingerprint density at radius 2 is 1.59 bits per heavy atom. The van der Waals surface area contributed by atoms with E-state index in [1.807, 2.05) is 12.1 Å². The molecule has 1 aliphatic heterocycles. The van der Waals surface area contributed by atoms with Crippen molar-refractivity contribution in [2.75, 3.05) is 16.8 Å². The number of ether oxygens (including phenoxy) is 2. The van der Waals surface area contributed by atoms with Crippen LogP contribution in [0.3, 0.4) is 0 Å². The van der Waals surface area contributed by atoms with Gasteiger partial charge in [0, 0.05) is 17.8 Å². The number of fused-ring (bicyclic) bond motifs is 1. The van der Waals surface area contributed by atoms with Gasteiger partial charge in [0.15, 0.2) is 23.1 Å². The number of aryl methyl sites for hydroxylation is 1. The van der Waals surface area contributed by atoms with Crippen molar-refractivity contribution in [3.05, 3.63) is 77.9 Å². The van der Waals surface area contributed by atoms with Gasteiger partial charge in [-0.15, -0.1) is 0 Å². The fourth-order valence-electron chi connectivity index (χ4n) is 3.06. The highest BCUT2D eigenvalue weighted by molar-refractivity contribution is 7.92. The van der Waals surface area contributed by atoms with E-state index in [9.17, 15) is 22.0 Å². The van der Waals surface area contributed by atoms with E-state index in [2.05, 4.69) is 10.0 Å². The maximum Gasteiger partial charge on any atom is 0.261 e. The van der Waals surface area contributed by atoms with E-state index >= 15 is 0 Å². The molecule has 32 heavy (non-hydrogen) atoms. The van der Waals surface area contributed by atoms with Gasteiger partial charge in [0.05, 0.1) is 4.90 Å². The third-order valence-corrected chi connectivity index (χ3v) is 6.08. The summed E-state index contributed by atoms with van der Waals surface area (Å²) in [6, 6.07) is 13.8. The van der Waals surface area contributed by atoms with E-state index in [1.54, 1.807) is 6.07 Å². The smallest absolute Gasteiger partial charge is 0.261 e. The Morgan fingerprint density at radius 3 is 2.34 bits per heavy atom. The summed E-state index contributed by atoms with van der Waals surface area (Å²) >= 11 is 0. The predicted octanol–water partition coefficient (Wildman–Crippen LogP) is 4.07. The average molecular weight is 460 g/mol. The first-order valence-electron chi connectivity index (χ1n) is 9.56. The molecule has 1 amide bonds. The second-order valence-electron chi connectivity index (χ2n) is 6.99. The van der Waals surface area contributed by atoms with Gasteiger partial charge in [0.25, 0.3) is 10.0 Å². The number of nitrogens with one attached hydrogen (secondary N) is 2. The second-order valence-corrected chi connectivity index (χ2v) is 8.68. The van der Waals surface area contributed by atoms with Gasteiger partial charge < -0.3 is 14.8 Å². The molecule has 0 saturated heterocycles. The molecule has 1 aliphatic rings. The largest absolute Gasteiger partial charge is 0.454 e. The summed E-state index contributed by atoms with van der Waals surface area (Å²) in [7, 11) is -4.10. The van der Waals surface area contributed by atoms with Gasteiger partial charge in [-0.1, -0.05) is 6.07 Å². The molecule has 0 unspecified atom stereocenters. The summed E-state index contributed by atoms with van der Waals surface area (Å²) < 4.78 is 63.9. The van der Waals surface area contributed by atoms with Crippen molar-refractivity contribution in [3.63, 3.8) is 0 Å². The molecule has 166 valence electrons. The number of carbonyl (C=O) groups excluding carboxylic acids is 1. The molecule has 0 fully saturated rings. The molecule has 0 atom stereocenters. The lowest BCUT2D eigenvalue weighted by molar-refractivity contribution is -0.116. The highest BCUT2D eigenvalue weighted by Crippen LogP contribution is 2.32. The van der Waals surface area contributed by atoms with Crippen molar-refractivity contribution >= 4 is 27.3 Å². The lowest BCUT2D eigenvalue weighted by Gasteiger charge is -2.10. The molecule has 10 heteroatoms. The average Bonchev–Trinajstić information content (AvgIpc) is 3.23. The van der Waals surface area contributed by atoms with E-state index in [4.69, 9.17) is 9.47 Å². The molecule has 0 aromatic heterocycles. The maximum atomic E-state index is 13.3. The van der Waals surface area contributed by atoms with Gasteiger partial charge in [-0.3, -0.25) is 9.52 Å². The number of amides is 1. The Labute approximate surface area is 183 Å². The molecule has 4 rings (SSSR count). The third kappa shape index (κ3) is 4.97. The summed E-state index contributed by atoms with van der Waals surface area (Å²) in [6.07, 6.45) is 0.749. The standard InChI is InChI=1S/C22H18F2N2O5S/c23-18-8-7-17(12-19(18)24)32(28,29)26-16-5-3-15(4-6-16)25-22(27)10-2-14-1-9-20-21(11-14)31-13-30-20/h1,3-9,11-12,26H,2,10,13H2,(H,25,27). The molecule has 0 spiro atoms. The van der Waals surface area contributed by atoms with E-state index < -0.39 is 26.6 Å². The number of carbonyl (C=O) groups is 1. The van der Waals surface area contributed by atoms with E-state index in [0.29, 0.717) is 29.7 Å². The maximum absolute atomic E-state index is 13.3. The summed E-state index contributed by atoms with van der Waals surface area (Å²) in [5.41, 5.74) is 1.62. The number of hydrogen-bond donors (Lipinski definition) is 2. The fraction of sp³-hybridized carbons (Fsp3) is 0.136. The number of rotatable bonds is 7. The van der Waals surface area contributed by atoms with Crippen LogP contribution < -0.4 is 19.5 Å². The van der Waals surface area contributed by atoms with Crippen LogP contribution in [0.5, 0.6) is 11.5 Å². The lowest BCUT2D eigenvalue weighted by atomic mass is 10.1. The van der Waals surface area contributed by atoms with Gasteiger partial charge in [-0.05, 0) is 66.6 Å². The van der Waals surface area contributed by atoms with Crippen LogP contribution in [0.25, 0.3) is 0 Å². The molecule has 1 heterocycles. The van der Waals surface area contributed by atoms with Crippen molar-refractivity contribution in [2.45, 2.75) is 17.7 Å². The van der Waals surface area contributed by atoms with Gasteiger partial charge in [-0.25, -0.2) is 17.2 Å². The zero-order valence-electron chi connectivity index (χ0n) is 16.6. The van der Waals surface area contributed by atoms with Crippen LogP contribution in [0.2, 0.25) is 0 Å². The van der Waals surface area contributed by atoms with Crippen molar-refractivity contribution in [2.24, 2.45) is 0 Å². The third-order valence-electron chi connectivity index (χ3n) is 4.70. The zero-order valence-corrected chi connectivity index (χ0v) is 17.4. The van der Waals surface area contributed by atoms with Crippen LogP contribution in [-0.2, 0) is 21.2 Å². The Bertz CT molecular complexity index is 1260. The highest BCUT2D eigenvalue weighted by Gasteiger charge is 2.17. The minimum Gasteiger partial charge on any atom is -0.454 e. The van der Waals surface area contributed by atoms with E-state index in [0.717, 1.165) is 17.7 Å². The van der Waals surface area contributed by atoms with Crippen LogP contribution >= 0.6 is 0 Å². The molecular formula is C22H18F2N2O5S. The topological polar surface area (TPSA) is 93.7 Å². The Morgan fingerprint density at radius 1 is 0.875 bits per heavy atom. The number of halogens is 2. The van der Waals surface area contributed by atoms with Gasteiger partial charge in [-0.2, -0.15) is 0 Å². The molecule has 3 aromatic carbocycles. The SMILES string of the molecule is O=C(CCc1ccc2c(c1)OCO2)Nc1ccc(NS(=O)(=O)c2ccc(F)c(F)c2)cc1. The van der Waals surface area contributed by atoms with Crippen LogP contribution in [0, 0.1) is 11.6 Å². The first-order chi connectivity index (χ1) is 15.3. The zero-order chi connectivity index (χ0) is 22.7. The van der Waals surface area contributed by atoms with Crippen LogP contribution in [0.15, 0.2) is 65.6 Å². The predicted molar refractivity (Wildman–Crippen MR) is 113 cm³/mol. The number of hydrogen-bond acceptors (Lipinski definition) is 5. The molecular weight excluding hydrogens is 442 g/mol. The Kier molecular flexibility index (Phi) is 5.95. The number of sulfonamides is 1. The van der Waals surface area contributed by atoms with Crippen molar-refractivity contribution < 1.29 is 31.5 Å². The minimum atomic E-state index is -4.10. The summed E-state index contributed by atoms with van der Waals surface area (Å²) in [4.78, 5) is 11.8. The minimum absolute atomic E-state index is 0.187. The quantitative estimate of drug-likeness (QED) is 0.555. The summed E-state index contributed by atoms with van der Waals surface area (Å²) in [5.74, 6) is -1.27. The highest BCUT2D eigenvalue weighted by atomic mass is 32.2. The van der Waals surface area contributed by atoms with Crippen molar-refractivity contribution in [3.8, 4) is 11.5 Å². The molecule has 0 saturated carbocycles. The van der Waals surface area contributed by atoms with Crippen LogP contribution in [0.4, 0.5) is 20.2 Å². The van der Waals surface area contributed by atoms with Crippen LogP contribution in [-0.4, -0.2) is 21.1 Å². The van der Waals surface area contributed by atoms with Crippen molar-refractivity contribution in [1.82, 2.24) is 0 Å². The first-order valence-corrected chi connectivity index (χ1v) is 11.0. The Hall–Kier alpha value is -3.66. The molecule has 3 aromatic rings. The van der Waals surface area contributed by atoms with Gasteiger partial charge in [0.1, 0.15) is 0 Å². The van der Waals surface area contributed by atoms with E-state index in [1.165, 1.54) is 24.3 Å². The normalized spacial score (nSPS) is 12.4. The van der Waals surface area contributed by atoms with E-state index in [-0.39, 0.29) is 24.8 Å². The van der Waals surface area contributed by atoms with Gasteiger partial charge in [0.2, 0.25) is 12.7 Å². The first kappa shape index (κ1) is 21.6. The number of anilines is 2. The lowest BCUT2D eigenvalue weighted by Crippen LogP contribution is -2.14. The number of benzene rings is 3. The molecule has 2 N–H and O–H groups in total. The fourth-order valence-corrected chi connectivity index (χ4v) is 4.13.